The van der Waals surface area contributed by atoms with Gasteiger partial charge in [0.05, 0.1) is 20.5 Å². The Labute approximate surface area is 71.4 Å². The molecule has 1 fully saturated rings. The van der Waals surface area contributed by atoms with Gasteiger partial charge in [0.25, 0.3) is 0 Å². The second-order valence-electron chi connectivity index (χ2n) is 3.51. The van der Waals surface area contributed by atoms with Crippen molar-refractivity contribution in [3.05, 3.63) is 0 Å². The number of carbonyl (C=O) groups is 2. The molecule has 1 N–H and O–H groups in total. The summed E-state index contributed by atoms with van der Waals surface area (Å²) in [6.07, 6.45) is 1.44. The fourth-order valence-electron chi connectivity index (χ4n) is 1.80. The van der Waals surface area contributed by atoms with Crippen LogP contribution in [0.2, 0.25) is 0 Å². The third kappa shape index (κ3) is 1.22. The third-order valence-electron chi connectivity index (χ3n) is 2.79. The Morgan fingerprint density at radius 3 is 2.42 bits per heavy atom. The topological polar surface area (TPSA) is 54.4 Å². The molecule has 0 bridgehead atoms. The van der Waals surface area contributed by atoms with Crippen molar-refractivity contribution < 1.29 is 19.2 Å². The van der Waals surface area contributed by atoms with Crippen LogP contribution in [-0.4, -0.2) is 41.1 Å². The lowest BCUT2D eigenvalue weighted by Crippen LogP contribution is -2.54. The van der Waals surface area contributed by atoms with Gasteiger partial charge < -0.3 is 5.11 Å². The average molecular weight is 172 g/mol. The van der Waals surface area contributed by atoms with Crippen molar-refractivity contribution in [3.63, 3.8) is 0 Å². The van der Waals surface area contributed by atoms with Crippen LogP contribution >= 0.6 is 0 Å². The summed E-state index contributed by atoms with van der Waals surface area (Å²) in [6.45, 7) is 2.12. The maximum Gasteiger partial charge on any atom is 0.363 e. The van der Waals surface area contributed by atoms with Crippen LogP contribution in [0.3, 0.4) is 0 Å². The number of rotatable bonds is 1. The van der Waals surface area contributed by atoms with Gasteiger partial charge in [0.2, 0.25) is 0 Å². The third-order valence-corrected chi connectivity index (χ3v) is 2.79. The van der Waals surface area contributed by atoms with Crippen LogP contribution < -0.4 is 0 Å². The molecule has 0 aromatic carbocycles. The summed E-state index contributed by atoms with van der Waals surface area (Å²) < 4.78 is 0.0648. The number of carbonyl (C=O) groups excluding carboxylic acids is 1. The molecular formula is C8H14NO3+. The molecule has 1 saturated heterocycles. The quantitative estimate of drug-likeness (QED) is 0.576. The molecule has 68 valence electrons. The van der Waals surface area contributed by atoms with Crippen LogP contribution in [0.1, 0.15) is 19.8 Å². The summed E-state index contributed by atoms with van der Waals surface area (Å²) >= 11 is 0. The highest BCUT2D eigenvalue weighted by Gasteiger charge is 2.46. The number of quaternary nitrogens is 1. The Morgan fingerprint density at radius 2 is 2.08 bits per heavy atom. The van der Waals surface area contributed by atoms with Crippen molar-refractivity contribution in [1.82, 2.24) is 0 Å². The predicted molar refractivity (Wildman–Crippen MR) is 42.4 cm³/mol. The molecule has 0 aromatic heterocycles. The molecule has 0 aliphatic carbocycles. The van der Waals surface area contributed by atoms with Crippen molar-refractivity contribution in [2.24, 2.45) is 0 Å². The first kappa shape index (κ1) is 9.19. The Balaban J connectivity index is 2.89. The molecule has 0 aromatic rings. The minimum Gasteiger partial charge on any atom is -0.477 e. The lowest BCUT2D eigenvalue weighted by molar-refractivity contribution is -0.837. The molecule has 1 rings (SSSR count). The fourth-order valence-corrected chi connectivity index (χ4v) is 1.80. The summed E-state index contributed by atoms with van der Waals surface area (Å²) in [5, 5.41) is 8.83. The lowest BCUT2D eigenvalue weighted by atomic mass is 10.2. The molecule has 4 nitrogen and oxygen atoms in total. The van der Waals surface area contributed by atoms with E-state index in [4.69, 9.17) is 5.11 Å². The van der Waals surface area contributed by atoms with Gasteiger partial charge in [0, 0.05) is 12.8 Å². The van der Waals surface area contributed by atoms with Crippen molar-refractivity contribution >= 4 is 11.9 Å². The minimum atomic E-state index is -0.856. The summed E-state index contributed by atoms with van der Waals surface area (Å²) in [4.78, 5) is 21.9. The predicted octanol–water partition coefficient (Wildman–Crippen LogP) is 0.226. The highest BCUT2D eigenvalue weighted by Crippen LogP contribution is 2.24. The fraction of sp³-hybridized carbons (Fsp3) is 0.750. The Kier molecular flexibility index (Phi) is 2.19. The molecule has 0 saturated carbocycles. The maximum atomic E-state index is 11.2. The zero-order valence-corrected chi connectivity index (χ0v) is 7.41. The van der Waals surface area contributed by atoms with E-state index in [2.05, 4.69) is 0 Å². The van der Waals surface area contributed by atoms with Crippen LogP contribution in [0.5, 0.6) is 0 Å². The molecule has 1 heterocycles. The Morgan fingerprint density at radius 1 is 1.50 bits per heavy atom. The number of carboxylic acids is 1. The summed E-state index contributed by atoms with van der Waals surface area (Å²) in [7, 11) is 1.70. The van der Waals surface area contributed by atoms with E-state index in [1.165, 1.54) is 6.92 Å². The summed E-state index contributed by atoms with van der Waals surface area (Å²) in [5.41, 5.74) is 0. The molecule has 0 radical (unpaired) electrons. The number of amides is 1. The van der Waals surface area contributed by atoms with Crippen LogP contribution in [0.15, 0.2) is 0 Å². The molecule has 1 amide bonds. The summed E-state index contributed by atoms with van der Waals surface area (Å²) in [5.74, 6) is -0.912. The zero-order chi connectivity index (χ0) is 9.35. The highest BCUT2D eigenvalue weighted by molar-refractivity contribution is 5.76. The average Bonchev–Trinajstić information content (AvgIpc) is 2.32. The van der Waals surface area contributed by atoms with E-state index in [-0.39, 0.29) is 10.4 Å². The van der Waals surface area contributed by atoms with Gasteiger partial charge in [-0.1, -0.05) is 0 Å². The molecule has 1 aliphatic heterocycles. The van der Waals surface area contributed by atoms with E-state index in [0.717, 1.165) is 6.42 Å². The number of hydrogen-bond acceptors (Lipinski definition) is 2. The van der Waals surface area contributed by atoms with Crippen LogP contribution in [0.25, 0.3) is 0 Å². The highest BCUT2D eigenvalue weighted by atomic mass is 16.4. The van der Waals surface area contributed by atoms with E-state index in [1.807, 2.05) is 0 Å². The van der Waals surface area contributed by atoms with E-state index >= 15 is 0 Å². The molecule has 0 spiro atoms. The number of likely N-dealkylation sites (tertiary alicyclic amines) is 1. The molecule has 2 atom stereocenters. The second kappa shape index (κ2) is 2.86. The molecule has 12 heavy (non-hydrogen) atoms. The van der Waals surface area contributed by atoms with Crippen LogP contribution in [-0.2, 0) is 9.59 Å². The molecule has 1 aliphatic rings. The number of carboxylic acid groups (broad SMARTS) is 1. The van der Waals surface area contributed by atoms with Gasteiger partial charge in [-0.15, -0.1) is 0 Å². The monoisotopic (exact) mass is 172 g/mol. The summed E-state index contributed by atoms with van der Waals surface area (Å²) in [6, 6.07) is -0.525. The van der Waals surface area contributed by atoms with E-state index < -0.39 is 12.0 Å². The van der Waals surface area contributed by atoms with Crippen molar-refractivity contribution in [2.75, 3.05) is 13.6 Å². The lowest BCUT2D eigenvalue weighted by Gasteiger charge is -2.29. The van der Waals surface area contributed by atoms with Gasteiger partial charge in [-0.25, -0.2) is 9.59 Å². The van der Waals surface area contributed by atoms with Gasteiger partial charge in [0.15, 0.2) is 6.04 Å². The van der Waals surface area contributed by atoms with Gasteiger partial charge >= 0.3 is 11.9 Å². The molecule has 4 heteroatoms. The standard InChI is InChI=1S/C8H13NO3/c1-6(10)9(2)5-3-4-7(9)8(11)12/h7H,3-5H2,1-2H3/p+1/t7?,9-/m1/s1. The smallest absolute Gasteiger partial charge is 0.363 e. The van der Waals surface area contributed by atoms with E-state index in [9.17, 15) is 9.59 Å². The van der Waals surface area contributed by atoms with E-state index in [0.29, 0.717) is 13.0 Å². The van der Waals surface area contributed by atoms with Crippen molar-refractivity contribution in [1.29, 1.82) is 0 Å². The van der Waals surface area contributed by atoms with E-state index in [1.54, 1.807) is 7.05 Å². The van der Waals surface area contributed by atoms with Gasteiger partial charge in [0.1, 0.15) is 0 Å². The minimum absolute atomic E-state index is 0.0556. The largest absolute Gasteiger partial charge is 0.477 e. The van der Waals surface area contributed by atoms with Gasteiger partial charge in [-0.2, -0.15) is 0 Å². The van der Waals surface area contributed by atoms with Crippen molar-refractivity contribution in [2.45, 2.75) is 25.8 Å². The van der Waals surface area contributed by atoms with Crippen LogP contribution in [0.4, 0.5) is 0 Å². The van der Waals surface area contributed by atoms with Gasteiger partial charge in [-0.05, 0) is 0 Å². The van der Waals surface area contributed by atoms with Crippen molar-refractivity contribution in [3.8, 4) is 0 Å². The Hall–Kier alpha value is -0.900. The Bertz CT molecular complexity index is 226. The first-order valence-electron chi connectivity index (χ1n) is 4.07. The first-order chi connectivity index (χ1) is 5.48. The number of hydrogen-bond donors (Lipinski definition) is 1. The number of likely N-dealkylation sites (N-methyl/N-ethyl adjacent to an activating group) is 1. The molecular weight excluding hydrogens is 158 g/mol. The van der Waals surface area contributed by atoms with Crippen LogP contribution in [0, 0.1) is 0 Å². The second-order valence-corrected chi connectivity index (χ2v) is 3.51. The maximum absolute atomic E-state index is 11.2. The SMILES string of the molecule is CC(=O)[N@@+]1(C)CCCC1C(=O)O. The van der Waals surface area contributed by atoms with Gasteiger partial charge in [-0.3, -0.25) is 4.48 Å². The number of aliphatic carboxylic acids is 1. The molecule has 1 unspecified atom stereocenters. The number of nitrogens with zero attached hydrogens (tertiary/aromatic N) is 1. The normalized spacial score (nSPS) is 35.0. The first-order valence-corrected chi connectivity index (χ1v) is 4.07. The zero-order valence-electron chi connectivity index (χ0n) is 7.41.